The minimum Gasteiger partial charge on any atom is -0.480 e. The molecule has 0 aliphatic rings. The number of carboxylic acids is 1. The van der Waals surface area contributed by atoms with E-state index in [1.54, 1.807) is 0 Å². The van der Waals surface area contributed by atoms with Crippen molar-refractivity contribution in [2.75, 3.05) is 6.54 Å². The quantitative estimate of drug-likeness (QED) is 0.328. The summed E-state index contributed by atoms with van der Waals surface area (Å²) in [4.78, 5) is 27.1. The molecule has 4 nitrogen and oxygen atoms in total. The highest BCUT2D eigenvalue weighted by Gasteiger charge is 2.31. The van der Waals surface area contributed by atoms with Gasteiger partial charge in [-0.3, -0.25) is 4.79 Å². The Morgan fingerprint density at radius 2 is 1.89 bits per heavy atom. The van der Waals surface area contributed by atoms with E-state index in [4.69, 9.17) is 23.2 Å². The summed E-state index contributed by atoms with van der Waals surface area (Å²) in [6, 6.07) is 7.85. The Kier molecular flexibility index (Phi) is 10.3. The Bertz CT molecular complexity index is 1140. The van der Waals surface area contributed by atoms with Crippen LogP contribution in [-0.2, 0) is 11.0 Å². The van der Waals surface area contributed by atoms with Crippen molar-refractivity contribution in [3.05, 3.63) is 86.8 Å². The van der Waals surface area contributed by atoms with Gasteiger partial charge in [0.05, 0.1) is 22.7 Å². The van der Waals surface area contributed by atoms with Crippen molar-refractivity contribution in [2.45, 2.75) is 38.9 Å². The van der Waals surface area contributed by atoms with Crippen molar-refractivity contribution in [3.63, 3.8) is 0 Å². The van der Waals surface area contributed by atoms with Crippen LogP contribution >= 0.6 is 35.0 Å². The summed E-state index contributed by atoms with van der Waals surface area (Å²) in [5, 5.41) is 10.0. The standard InChI is InChI=1S/C25H24Cl2F3NO3S/c1-4-5-9-20(35-16(3)17-7-6-8-18(12-17)25(28,29)30)14-31(15(2)24(33)34)23(32)21-11-10-19(26)13-22(21)27/h6-13,15H,3-5,14H2,1-2H3,(H,33,34)/b20-9-. The second-order valence-corrected chi connectivity index (χ2v) is 9.70. The molecule has 1 unspecified atom stereocenters. The van der Waals surface area contributed by atoms with E-state index < -0.39 is 29.7 Å². The molecule has 0 saturated carbocycles. The average molecular weight is 546 g/mol. The van der Waals surface area contributed by atoms with E-state index in [9.17, 15) is 27.9 Å². The van der Waals surface area contributed by atoms with Gasteiger partial charge in [-0.1, -0.05) is 73.1 Å². The van der Waals surface area contributed by atoms with Crippen LogP contribution in [0.5, 0.6) is 0 Å². The number of hydrogen-bond donors (Lipinski definition) is 1. The third kappa shape index (κ3) is 8.05. The molecule has 0 aromatic heterocycles. The number of rotatable bonds is 10. The summed E-state index contributed by atoms with van der Waals surface area (Å²) in [5.74, 6) is -1.84. The molecule has 2 rings (SSSR count). The van der Waals surface area contributed by atoms with Crippen LogP contribution < -0.4 is 0 Å². The van der Waals surface area contributed by atoms with Gasteiger partial charge in [-0.15, -0.1) is 0 Å². The number of hydrogen-bond acceptors (Lipinski definition) is 3. The Morgan fingerprint density at radius 3 is 2.46 bits per heavy atom. The fourth-order valence-corrected chi connectivity index (χ4v) is 4.49. The lowest BCUT2D eigenvalue weighted by molar-refractivity contribution is -0.141. The molecule has 1 atom stereocenters. The van der Waals surface area contributed by atoms with Crippen LogP contribution in [-0.4, -0.2) is 34.5 Å². The monoisotopic (exact) mass is 545 g/mol. The van der Waals surface area contributed by atoms with Crippen LogP contribution in [0.25, 0.3) is 4.91 Å². The minimum atomic E-state index is -4.50. The first-order valence-corrected chi connectivity index (χ1v) is 12.1. The Morgan fingerprint density at radius 1 is 1.20 bits per heavy atom. The summed E-state index contributed by atoms with van der Waals surface area (Å²) < 4.78 is 39.4. The minimum absolute atomic E-state index is 0.0743. The summed E-state index contributed by atoms with van der Waals surface area (Å²) in [6.45, 7) is 7.12. The van der Waals surface area contributed by atoms with Gasteiger partial charge >= 0.3 is 12.1 Å². The van der Waals surface area contributed by atoms with Gasteiger partial charge in [0.25, 0.3) is 5.91 Å². The number of thioether (sulfide) groups is 1. The summed E-state index contributed by atoms with van der Waals surface area (Å²) in [6.07, 6.45) is -1.30. The summed E-state index contributed by atoms with van der Waals surface area (Å²) >= 11 is 13.2. The molecular weight excluding hydrogens is 522 g/mol. The molecular formula is C25H24Cl2F3NO3S. The number of aliphatic carboxylic acids is 1. The lowest BCUT2D eigenvalue weighted by Gasteiger charge is -2.28. The van der Waals surface area contributed by atoms with Crippen molar-refractivity contribution in [2.24, 2.45) is 0 Å². The Hall–Kier alpha value is -2.42. The van der Waals surface area contributed by atoms with Gasteiger partial charge in [-0.05, 0) is 49.2 Å². The molecule has 0 fully saturated rings. The van der Waals surface area contributed by atoms with Crippen molar-refractivity contribution in [1.29, 1.82) is 0 Å². The van der Waals surface area contributed by atoms with E-state index in [1.165, 1.54) is 37.3 Å². The molecule has 1 N–H and O–H groups in total. The highest BCUT2D eigenvalue weighted by atomic mass is 35.5. The smallest absolute Gasteiger partial charge is 0.416 e. The number of amides is 1. The van der Waals surface area contributed by atoms with Crippen LogP contribution in [0.3, 0.4) is 0 Å². The van der Waals surface area contributed by atoms with Gasteiger partial charge in [0.15, 0.2) is 0 Å². The van der Waals surface area contributed by atoms with Crippen LogP contribution in [0.15, 0.2) is 60.0 Å². The van der Waals surface area contributed by atoms with Gasteiger partial charge < -0.3 is 10.0 Å². The fourth-order valence-electron chi connectivity index (χ4n) is 3.03. The van der Waals surface area contributed by atoms with Crippen molar-refractivity contribution in [3.8, 4) is 0 Å². The number of carbonyl (C=O) groups is 2. The van der Waals surface area contributed by atoms with E-state index in [1.807, 2.05) is 13.0 Å². The molecule has 2 aromatic carbocycles. The number of unbranched alkanes of at least 4 members (excludes halogenated alkanes) is 1. The van der Waals surface area contributed by atoms with E-state index >= 15 is 0 Å². The highest BCUT2D eigenvalue weighted by molar-refractivity contribution is 8.11. The van der Waals surface area contributed by atoms with Gasteiger partial charge in [-0.25, -0.2) is 4.79 Å². The highest BCUT2D eigenvalue weighted by Crippen LogP contribution is 2.37. The fraction of sp³-hybridized carbons (Fsp3) is 0.280. The second-order valence-electron chi connectivity index (χ2n) is 7.63. The Labute approximate surface area is 216 Å². The molecule has 0 aliphatic heterocycles. The lowest BCUT2D eigenvalue weighted by Crippen LogP contribution is -2.44. The number of nitrogens with zero attached hydrogens (tertiary/aromatic N) is 1. The summed E-state index contributed by atoms with van der Waals surface area (Å²) in [5.41, 5.74) is -0.442. The van der Waals surface area contributed by atoms with Gasteiger partial charge in [0.1, 0.15) is 6.04 Å². The topological polar surface area (TPSA) is 57.6 Å². The molecule has 0 spiro atoms. The predicted molar refractivity (Wildman–Crippen MR) is 136 cm³/mol. The first-order chi connectivity index (χ1) is 16.3. The molecule has 188 valence electrons. The van der Waals surface area contributed by atoms with E-state index in [0.717, 1.165) is 35.2 Å². The largest absolute Gasteiger partial charge is 0.480 e. The normalized spacial score (nSPS) is 12.8. The van der Waals surface area contributed by atoms with E-state index in [-0.39, 0.29) is 22.7 Å². The van der Waals surface area contributed by atoms with Crippen LogP contribution in [0, 0.1) is 0 Å². The van der Waals surface area contributed by atoms with Crippen molar-refractivity contribution in [1.82, 2.24) is 4.90 Å². The van der Waals surface area contributed by atoms with E-state index in [2.05, 4.69) is 6.58 Å². The molecule has 35 heavy (non-hydrogen) atoms. The first kappa shape index (κ1) is 28.8. The molecule has 2 aromatic rings. The maximum absolute atomic E-state index is 13.3. The third-order valence-corrected chi connectivity index (χ3v) is 6.59. The number of halogens is 5. The summed E-state index contributed by atoms with van der Waals surface area (Å²) in [7, 11) is 0. The van der Waals surface area contributed by atoms with Crippen molar-refractivity contribution < 1.29 is 27.9 Å². The Balaban J connectivity index is 2.38. The molecule has 1 amide bonds. The maximum Gasteiger partial charge on any atom is 0.416 e. The third-order valence-electron chi connectivity index (χ3n) is 5.00. The maximum atomic E-state index is 13.3. The molecule has 10 heteroatoms. The molecule has 0 heterocycles. The number of carboxylic acid groups (broad SMARTS) is 1. The van der Waals surface area contributed by atoms with Crippen LogP contribution in [0.2, 0.25) is 10.0 Å². The van der Waals surface area contributed by atoms with Gasteiger partial charge in [0.2, 0.25) is 0 Å². The zero-order chi connectivity index (χ0) is 26.3. The van der Waals surface area contributed by atoms with Crippen molar-refractivity contribution >= 4 is 51.7 Å². The number of allylic oxidation sites excluding steroid dienone is 1. The molecule has 0 radical (unpaired) electrons. The average Bonchev–Trinajstić information content (AvgIpc) is 2.79. The van der Waals surface area contributed by atoms with Crippen LogP contribution in [0.1, 0.15) is 48.2 Å². The number of benzene rings is 2. The van der Waals surface area contributed by atoms with Gasteiger partial charge in [-0.2, -0.15) is 13.2 Å². The van der Waals surface area contributed by atoms with E-state index in [0.29, 0.717) is 21.3 Å². The zero-order valence-corrected chi connectivity index (χ0v) is 21.4. The predicted octanol–water partition coefficient (Wildman–Crippen LogP) is 8.02. The number of carbonyl (C=O) groups excluding carboxylic acids is 1. The molecule has 0 bridgehead atoms. The first-order valence-electron chi connectivity index (χ1n) is 10.6. The zero-order valence-electron chi connectivity index (χ0n) is 19.0. The SMILES string of the molecule is C=C(S/C(=C\CCC)CN(C(=O)c1ccc(Cl)cc1Cl)C(C)C(=O)O)c1cccc(C(F)(F)F)c1. The number of alkyl halides is 3. The molecule has 0 aliphatic carbocycles. The molecule has 0 saturated heterocycles. The second kappa shape index (κ2) is 12.5. The van der Waals surface area contributed by atoms with Gasteiger partial charge in [0, 0.05) is 14.8 Å². The lowest BCUT2D eigenvalue weighted by atomic mass is 10.1. The van der Waals surface area contributed by atoms with Crippen LogP contribution in [0.4, 0.5) is 13.2 Å².